The first-order chi connectivity index (χ1) is 26.8. The molecule has 0 saturated carbocycles. The second kappa shape index (κ2) is 18.0. The van der Waals surface area contributed by atoms with Crippen molar-refractivity contribution in [1.82, 2.24) is 0 Å². The molecule has 1 aromatic heterocycles. The molecule has 0 radical (unpaired) electrons. The van der Waals surface area contributed by atoms with Crippen LogP contribution in [-0.4, -0.2) is 40.4 Å². The van der Waals surface area contributed by atoms with Crippen LogP contribution < -0.4 is 14.2 Å². The highest BCUT2D eigenvalue weighted by molar-refractivity contribution is 7.90. The molecule has 0 bridgehead atoms. The summed E-state index contributed by atoms with van der Waals surface area (Å²) in [6.07, 6.45) is 2.98. The number of ether oxygens (including phenoxy) is 3. The molecular weight excluding hydrogens is 802 g/mol. The van der Waals surface area contributed by atoms with E-state index >= 15 is 0 Å². The summed E-state index contributed by atoms with van der Waals surface area (Å²) in [4.78, 5) is 56.0. The van der Waals surface area contributed by atoms with Crippen LogP contribution in [0.15, 0.2) is 101 Å². The molecule has 1 aliphatic rings. The quantitative estimate of drug-likeness (QED) is 0.0154. The number of benzene rings is 4. The molecule has 0 amide bonds. The summed E-state index contributed by atoms with van der Waals surface area (Å²) in [5, 5.41) is 9.47. The fourth-order valence-corrected chi connectivity index (χ4v) is 8.71. The number of rotatable bonds is 14. The second-order valence-corrected chi connectivity index (χ2v) is 16.5. The van der Waals surface area contributed by atoms with Gasteiger partial charge in [0.05, 0.1) is 13.0 Å². The summed E-state index contributed by atoms with van der Waals surface area (Å²) in [6.45, 7) is 1.49. The number of hydrogen-bond donors (Lipinski definition) is 0. The molecule has 56 heavy (non-hydrogen) atoms. The first-order valence-corrected chi connectivity index (χ1v) is 20.9. The standard InChI is InChI=1S/C40H30FNO10S4/c1-23-31(18-24-5-13-29(14-6-24)56(2)48)30-15-9-26(41)19-33(30)32(23)21-38(44)50-28-12-16-35(52-37(43)4-3-17-49-42(46)47)34(20-28)40(45)51-27-10-7-25(8-11-27)36-22-39(53)55-54-36/h5-16,18-20,22H,3-4,17,21H2,1-2H3. The molecule has 5 aromatic rings. The van der Waals surface area contributed by atoms with Gasteiger partial charge in [-0.2, -0.15) is 0 Å². The van der Waals surface area contributed by atoms with Crippen LogP contribution >= 0.6 is 32.9 Å². The van der Waals surface area contributed by atoms with Gasteiger partial charge in [-0.05, 0) is 154 Å². The van der Waals surface area contributed by atoms with Crippen molar-refractivity contribution in [3.05, 3.63) is 139 Å². The van der Waals surface area contributed by atoms with Crippen molar-refractivity contribution in [2.24, 2.45) is 0 Å². The molecule has 286 valence electrons. The highest BCUT2D eigenvalue weighted by Crippen LogP contribution is 2.44. The lowest BCUT2D eigenvalue weighted by molar-refractivity contribution is -0.757. The summed E-state index contributed by atoms with van der Waals surface area (Å²) < 4.78 is 43.9. The molecule has 1 unspecified atom stereocenters. The minimum Gasteiger partial charge on any atom is -0.612 e. The summed E-state index contributed by atoms with van der Waals surface area (Å²) in [6, 6.07) is 23.9. The van der Waals surface area contributed by atoms with E-state index in [0.717, 1.165) is 36.5 Å². The van der Waals surface area contributed by atoms with Gasteiger partial charge >= 0.3 is 17.9 Å². The third kappa shape index (κ3) is 10.0. The van der Waals surface area contributed by atoms with Crippen molar-refractivity contribution in [3.8, 4) is 27.7 Å². The van der Waals surface area contributed by atoms with Crippen LogP contribution in [0.25, 0.3) is 27.7 Å². The number of hydrogen-bond acceptors (Lipinski definition) is 13. The van der Waals surface area contributed by atoms with E-state index < -0.39 is 40.0 Å². The predicted octanol–water partition coefficient (Wildman–Crippen LogP) is 9.52. The maximum atomic E-state index is 14.5. The van der Waals surface area contributed by atoms with E-state index in [9.17, 15) is 33.4 Å². The molecule has 0 aliphatic heterocycles. The lowest BCUT2D eigenvalue weighted by Crippen LogP contribution is -2.16. The summed E-state index contributed by atoms with van der Waals surface area (Å²) in [7, 11) is 2.98. The van der Waals surface area contributed by atoms with E-state index in [1.807, 2.05) is 31.2 Å². The first kappa shape index (κ1) is 40.2. The zero-order valence-corrected chi connectivity index (χ0v) is 32.9. The van der Waals surface area contributed by atoms with E-state index in [-0.39, 0.29) is 48.7 Å². The fraction of sp³-hybridized carbons (Fsp3) is 0.150. The number of halogens is 1. The molecule has 0 spiro atoms. The van der Waals surface area contributed by atoms with Gasteiger partial charge in [0.15, 0.2) is 4.90 Å². The number of esters is 3. The molecule has 4 aromatic carbocycles. The molecule has 16 heteroatoms. The average Bonchev–Trinajstić information content (AvgIpc) is 3.71. The molecule has 6 rings (SSSR count). The Balaban J connectivity index is 1.23. The van der Waals surface area contributed by atoms with Crippen LogP contribution in [0, 0.1) is 19.8 Å². The topological polar surface area (TPSA) is 154 Å². The highest BCUT2D eigenvalue weighted by Gasteiger charge is 2.27. The lowest BCUT2D eigenvalue weighted by atomic mass is 10.0. The Morgan fingerprint density at radius 3 is 2.29 bits per heavy atom. The first-order valence-electron chi connectivity index (χ1n) is 16.8. The van der Waals surface area contributed by atoms with Crippen LogP contribution in [0.3, 0.4) is 0 Å². The van der Waals surface area contributed by atoms with Crippen molar-refractivity contribution in [3.63, 3.8) is 0 Å². The molecule has 0 fully saturated rings. The summed E-state index contributed by atoms with van der Waals surface area (Å²) in [5.41, 5.74) is 4.77. The number of nitrogens with zero attached hydrogens (tertiary/aromatic N) is 1. The number of allylic oxidation sites excluding steroid dienone is 2. The van der Waals surface area contributed by atoms with E-state index in [2.05, 4.69) is 4.84 Å². The van der Waals surface area contributed by atoms with Gasteiger partial charge in [0.25, 0.3) is 5.09 Å². The summed E-state index contributed by atoms with van der Waals surface area (Å²) >= 11 is 4.08. The Kier molecular flexibility index (Phi) is 12.9. The van der Waals surface area contributed by atoms with Gasteiger partial charge in [0, 0.05) is 11.3 Å². The Morgan fingerprint density at radius 2 is 1.61 bits per heavy atom. The molecule has 1 aliphatic carbocycles. The maximum absolute atomic E-state index is 14.5. The van der Waals surface area contributed by atoms with Gasteiger partial charge in [-0.25, -0.2) is 9.18 Å². The van der Waals surface area contributed by atoms with Gasteiger partial charge in [-0.15, -0.1) is 10.1 Å². The van der Waals surface area contributed by atoms with Crippen LogP contribution in [0.5, 0.6) is 17.2 Å². The van der Waals surface area contributed by atoms with Crippen molar-refractivity contribution in [1.29, 1.82) is 0 Å². The Hall–Kier alpha value is -5.52. The monoisotopic (exact) mass is 831 g/mol. The minimum atomic E-state index is -1.14. The smallest absolute Gasteiger partial charge is 0.347 e. The lowest BCUT2D eigenvalue weighted by Gasteiger charge is -2.13. The largest absolute Gasteiger partial charge is 0.612 e. The third-order valence-electron chi connectivity index (χ3n) is 8.46. The molecule has 1 atom stereocenters. The van der Waals surface area contributed by atoms with Crippen molar-refractivity contribution in [2.45, 2.75) is 31.1 Å². The zero-order chi connectivity index (χ0) is 39.9. The van der Waals surface area contributed by atoms with Gasteiger partial charge in [0.1, 0.15) is 38.7 Å². The van der Waals surface area contributed by atoms with Crippen molar-refractivity contribution < 1.29 is 47.5 Å². The zero-order valence-electron chi connectivity index (χ0n) is 29.6. The Bertz CT molecular complexity index is 2440. The van der Waals surface area contributed by atoms with Gasteiger partial charge < -0.3 is 23.6 Å². The predicted molar refractivity (Wildman–Crippen MR) is 214 cm³/mol. The summed E-state index contributed by atoms with van der Waals surface area (Å²) in [5.74, 6) is -2.99. The van der Waals surface area contributed by atoms with Crippen molar-refractivity contribution >= 4 is 79.2 Å². The van der Waals surface area contributed by atoms with Crippen LogP contribution in [0.2, 0.25) is 0 Å². The van der Waals surface area contributed by atoms with Gasteiger partial charge in [0.2, 0.25) is 0 Å². The SMILES string of the molecule is CC1=C(CC(=O)Oc2ccc(OC(=O)CCCO[N+](=O)[O-])c(C(=O)Oc3ccc(-c4cc(=S)ss4)cc3)c2)c2cc(F)ccc2C1=Cc1ccc([S+](C)[O-])cc1. The van der Waals surface area contributed by atoms with Gasteiger partial charge in [-0.1, -0.05) is 39.0 Å². The molecule has 11 nitrogen and oxygen atoms in total. The van der Waals surface area contributed by atoms with Crippen LogP contribution in [0.4, 0.5) is 4.39 Å². The molecule has 0 N–H and O–H groups in total. The van der Waals surface area contributed by atoms with E-state index in [1.54, 1.807) is 48.7 Å². The number of carbonyl (C=O) groups excluding carboxylic acids is 3. The van der Waals surface area contributed by atoms with E-state index in [1.165, 1.54) is 51.0 Å². The number of fused-ring (bicyclic) bond motifs is 1. The molecular formula is C40H30FNO10S4. The van der Waals surface area contributed by atoms with E-state index in [4.69, 9.17) is 26.4 Å². The average molecular weight is 832 g/mol. The van der Waals surface area contributed by atoms with Crippen LogP contribution in [-0.2, 0) is 25.6 Å². The van der Waals surface area contributed by atoms with Crippen LogP contribution in [0.1, 0.15) is 53.2 Å². The minimum absolute atomic E-state index is 0.0218. The Morgan fingerprint density at radius 1 is 0.875 bits per heavy atom. The third-order valence-corrected chi connectivity index (χ3v) is 12.3. The maximum Gasteiger partial charge on any atom is 0.347 e. The fourth-order valence-electron chi connectivity index (χ4n) is 5.79. The second-order valence-electron chi connectivity index (χ2n) is 12.2. The van der Waals surface area contributed by atoms with Crippen molar-refractivity contribution in [2.75, 3.05) is 12.9 Å². The molecule has 1 heterocycles. The Labute approximate surface area is 335 Å². The molecule has 0 saturated heterocycles. The van der Waals surface area contributed by atoms with E-state index in [0.29, 0.717) is 16.0 Å². The normalized spacial score (nSPS) is 13.2. The number of carbonyl (C=O) groups is 3. The highest BCUT2D eigenvalue weighted by atomic mass is 32.9. The van der Waals surface area contributed by atoms with Gasteiger partial charge in [-0.3, -0.25) is 9.59 Å².